The monoisotopic (exact) mass is 315 g/mol. The molecule has 126 valence electrons. The Balaban J connectivity index is 1.31. The van der Waals surface area contributed by atoms with Gasteiger partial charge in [-0.2, -0.15) is 0 Å². The molecule has 1 aromatic rings. The summed E-state index contributed by atoms with van der Waals surface area (Å²) in [4.78, 5) is 2.59. The van der Waals surface area contributed by atoms with Gasteiger partial charge in [-0.3, -0.25) is 0 Å². The smallest absolute Gasteiger partial charge is 0.115 e. The highest BCUT2D eigenvalue weighted by Gasteiger charge is 2.49. The van der Waals surface area contributed by atoms with Gasteiger partial charge in [-0.25, -0.2) is 0 Å². The normalized spacial score (nSPS) is 35.4. The molecule has 4 rings (SSSR count). The fraction of sp³-hybridized carbons (Fsp3) is 0.700. The number of phenolic OH excluding ortho intramolecular Hbond substituents is 1. The second-order valence-electron chi connectivity index (χ2n) is 8.51. The van der Waals surface area contributed by atoms with Crippen LogP contribution in [0.5, 0.6) is 5.75 Å². The van der Waals surface area contributed by atoms with Crippen molar-refractivity contribution in [2.24, 2.45) is 17.8 Å². The summed E-state index contributed by atoms with van der Waals surface area (Å²) in [5.74, 6) is 3.05. The third kappa shape index (κ3) is 3.41. The number of aliphatic hydroxyl groups is 1. The molecule has 0 aromatic heterocycles. The SMILES string of the molecule is CC(CN1C[C@@H]2CC(O)(CC3CC3)C[C@@H]2C1)c1ccc(O)cc1. The average molecular weight is 315 g/mol. The van der Waals surface area contributed by atoms with E-state index in [0.717, 1.165) is 44.8 Å². The highest BCUT2D eigenvalue weighted by atomic mass is 16.3. The Labute approximate surface area is 139 Å². The summed E-state index contributed by atoms with van der Waals surface area (Å²) in [6.45, 7) is 5.66. The van der Waals surface area contributed by atoms with Crippen molar-refractivity contribution in [3.63, 3.8) is 0 Å². The van der Waals surface area contributed by atoms with Crippen LogP contribution in [0.2, 0.25) is 0 Å². The molecule has 3 fully saturated rings. The van der Waals surface area contributed by atoms with Crippen LogP contribution in [0.15, 0.2) is 24.3 Å². The van der Waals surface area contributed by atoms with Gasteiger partial charge in [0.2, 0.25) is 0 Å². The minimum atomic E-state index is -0.342. The Bertz CT molecular complexity index is 537. The number of hydrogen-bond acceptors (Lipinski definition) is 3. The second-order valence-corrected chi connectivity index (χ2v) is 8.51. The van der Waals surface area contributed by atoms with Gasteiger partial charge < -0.3 is 15.1 Å². The van der Waals surface area contributed by atoms with Crippen molar-refractivity contribution in [3.8, 4) is 5.75 Å². The number of benzene rings is 1. The third-order valence-corrected chi connectivity index (χ3v) is 6.30. The fourth-order valence-electron chi connectivity index (χ4n) is 5.03. The minimum Gasteiger partial charge on any atom is -0.508 e. The van der Waals surface area contributed by atoms with Crippen LogP contribution in [0.1, 0.15) is 50.5 Å². The number of rotatable bonds is 5. The van der Waals surface area contributed by atoms with Crippen LogP contribution in [-0.4, -0.2) is 40.3 Å². The van der Waals surface area contributed by atoms with Crippen LogP contribution in [0.25, 0.3) is 0 Å². The number of fused-ring (bicyclic) bond motifs is 1. The molecule has 0 bridgehead atoms. The molecule has 2 N–H and O–H groups in total. The van der Waals surface area contributed by atoms with Gasteiger partial charge in [-0.15, -0.1) is 0 Å². The topological polar surface area (TPSA) is 43.7 Å². The van der Waals surface area contributed by atoms with E-state index in [2.05, 4.69) is 11.8 Å². The molecule has 1 aliphatic heterocycles. The summed E-state index contributed by atoms with van der Waals surface area (Å²) in [6, 6.07) is 7.63. The molecule has 0 spiro atoms. The number of likely N-dealkylation sites (tertiary alicyclic amines) is 1. The van der Waals surface area contributed by atoms with Gasteiger partial charge in [0.05, 0.1) is 5.60 Å². The molecule has 1 saturated heterocycles. The third-order valence-electron chi connectivity index (χ3n) is 6.30. The lowest BCUT2D eigenvalue weighted by molar-refractivity contribution is 0.0212. The standard InChI is InChI=1S/C20H29NO2/c1-14(16-4-6-19(22)7-5-16)11-21-12-17-9-20(23,8-15-2-3-15)10-18(17)13-21/h4-7,14-15,17-18,22-23H,2-3,8-13H2,1H3/t14?,17-,18+,20?. The molecule has 23 heavy (non-hydrogen) atoms. The van der Waals surface area contributed by atoms with Crippen molar-refractivity contribution in [1.29, 1.82) is 0 Å². The van der Waals surface area contributed by atoms with E-state index in [4.69, 9.17) is 0 Å². The molecule has 3 heteroatoms. The average Bonchev–Trinajstić information content (AvgIpc) is 3.14. The van der Waals surface area contributed by atoms with Gasteiger partial charge in [-0.05, 0) is 60.6 Å². The van der Waals surface area contributed by atoms with Gasteiger partial charge in [-0.1, -0.05) is 31.9 Å². The van der Waals surface area contributed by atoms with Gasteiger partial charge in [0.25, 0.3) is 0 Å². The summed E-state index contributed by atoms with van der Waals surface area (Å²) in [5.41, 5.74) is 0.954. The molecular formula is C20H29NO2. The molecule has 0 radical (unpaired) electrons. The lowest BCUT2D eigenvalue weighted by Crippen LogP contribution is -2.32. The maximum absolute atomic E-state index is 10.8. The minimum absolute atomic E-state index is 0.339. The van der Waals surface area contributed by atoms with Crippen molar-refractivity contribution in [2.75, 3.05) is 19.6 Å². The molecule has 3 nitrogen and oxygen atoms in total. The molecule has 2 unspecified atom stereocenters. The first kappa shape index (κ1) is 15.5. The van der Waals surface area contributed by atoms with Crippen LogP contribution < -0.4 is 0 Å². The zero-order chi connectivity index (χ0) is 16.0. The lowest BCUT2D eigenvalue weighted by Gasteiger charge is -2.27. The second kappa shape index (κ2) is 5.78. The number of aromatic hydroxyl groups is 1. The van der Waals surface area contributed by atoms with E-state index in [0.29, 0.717) is 23.5 Å². The fourth-order valence-corrected chi connectivity index (χ4v) is 5.03. The Hall–Kier alpha value is -1.06. The van der Waals surface area contributed by atoms with Crippen LogP contribution in [0, 0.1) is 17.8 Å². The van der Waals surface area contributed by atoms with E-state index in [-0.39, 0.29) is 5.60 Å². The van der Waals surface area contributed by atoms with E-state index in [1.807, 2.05) is 12.1 Å². The quantitative estimate of drug-likeness (QED) is 0.875. The highest BCUT2D eigenvalue weighted by molar-refractivity contribution is 5.28. The molecule has 0 amide bonds. The molecule has 2 aliphatic carbocycles. The zero-order valence-electron chi connectivity index (χ0n) is 14.1. The zero-order valence-corrected chi connectivity index (χ0v) is 14.1. The molecule has 2 saturated carbocycles. The first-order valence-corrected chi connectivity index (χ1v) is 9.24. The lowest BCUT2D eigenvalue weighted by atomic mass is 9.93. The molecule has 3 aliphatic rings. The molecule has 1 aromatic carbocycles. The summed E-state index contributed by atoms with van der Waals surface area (Å²) < 4.78 is 0. The van der Waals surface area contributed by atoms with Crippen molar-refractivity contribution < 1.29 is 10.2 Å². The van der Waals surface area contributed by atoms with Crippen LogP contribution in [0.3, 0.4) is 0 Å². The summed E-state index contributed by atoms with van der Waals surface area (Å²) in [5, 5.41) is 20.3. The largest absolute Gasteiger partial charge is 0.508 e. The Morgan fingerprint density at radius 3 is 2.30 bits per heavy atom. The molecular weight excluding hydrogens is 286 g/mol. The van der Waals surface area contributed by atoms with Gasteiger partial charge in [0, 0.05) is 19.6 Å². The van der Waals surface area contributed by atoms with E-state index < -0.39 is 0 Å². The maximum atomic E-state index is 10.8. The van der Waals surface area contributed by atoms with Crippen molar-refractivity contribution in [3.05, 3.63) is 29.8 Å². The van der Waals surface area contributed by atoms with E-state index in [1.165, 1.54) is 18.4 Å². The van der Waals surface area contributed by atoms with E-state index in [9.17, 15) is 10.2 Å². The van der Waals surface area contributed by atoms with E-state index >= 15 is 0 Å². The number of nitrogens with zero attached hydrogens (tertiary/aromatic N) is 1. The van der Waals surface area contributed by atoms with Crippen molar-refractivity contribution in [2.45, 2.75) is 50.5 Å². The highest BCUT2D eigenvalue weighted by Crippen LogP contribution is 2.49. The maximum Gasteiger partial charge on any atom is 0.115 e. The summed E-state index contributed by atoms with van der Waals surface area (Å²) >= 11 is 0. The van der Waals surface area contributed by atoms with E-state index in [1.54, 1.807) is 12.1 Å². The Morgan fingerprint density at radius 1 is 1.13 bits per heavy atom. The first-order valence-electron chi connectivity index (χ1n) is 9.24. The summed E-state index contributed by atoms with van der Waals surface area (Å²) in [7, 11) is 0. The predicted molar refractivity (Wildman–Crippen MR) is 91.5 cm³/mol. The summed E-state index contributed by atoms with van der Waals surface area (Å²) in [6.07, 6.45) is 5.79. The van der Waals surface area contributed by atoms with Crippen molar-refractivity contribution >= 4 is 0 Å². The number of hydrogen-bond donors (Lipinski definition) is 2. The predicted octanol–water partition coefficient (Wildman–Crippen LogP) is 3.37. The number of phenols is 1. The van der Waals surface area contributed by atoms with Gasteiger partial charge >= 0.3 is 0 Å². The first-order chi connectivity index (χ1) is 11.0. The van der Waals surface area contributed by atoms with Crippen molar-refractivity contribution in [1.82, 2.24) is 4.90 Å². The Kier molecular flexibility index (Phi) is 3.89. The van der Waals surface area contributed by atoms with Crippen LogP contribution in [-0.2, 0) is 0 Å². The van der Waals surface area contributed by atoms with Gasteiger partial charge in [0.1, 0.15) is 5.75 Å². The Morgan fingerprint density at radius 2 is 1.74 bits per heavy atom. The van der Waals surface area contributed by atoms with Crippen LogP contribution in [0.4, 0.5) is 0 Å². The van der Waals surface area contributed by atoms with Crippen LogP contribution >= 0.6 is 0 Å². The van der Waals surface area contributed by atoms with Gasteiger partial charge in [0.15, 0.2) is 0 Å². The molecule has 1 heterocycles. The molecule has 4 atom stereocenters.